The summed E-state index contributed by atoms with van der Waals surface area (Å²) < 4.78 is 5.05. The van der Waals surface area contributed by atoms with Crippen molar-refractivity contribution in [2.24, 2.45) is 11.3 Å². The van der Waals surface area contributed by atoms with Crippen molar-refractivity contribution in [3.8, 4) is 0 Å². The van der Waals surface area contributed by atoms with Crippen molar-refractivity contribution in [3.05, 3.63) is 12.7 Å². The van der Waals surface area contributed by atoms with E-state index >= 15 is 0 Å². The summed E-state index contributed by atoms with van der Waals surface area (Å²) in [6.45, 7) is 5.64. The van der Waals surface area contributed by atoms with Crippen LogP contribution in [0, 0.1) is 11.3 Å². The summed E-state index contributed by atoms with van der Waals surface area (Å²) in [5, 5.41) is 18.4. The van der Waals surface area contributed by atoms with Crippen LogP contribution >= 0.6 is 0 Å². The van der Waals surface area contributed by atoms with Crippen LogP contribution in [-0.2, 0) is 14.3 Å². The molecule has 3 unspecified atom stereocenters. The van der Waals surface area contributed by atoms with Crippen LogP contribution in [0.25, 0.3) is 0 Å². The van der Waals surface area contributed by atoms with Crippen molar-refractivity contribution in [3.63, 3.8) is 0 Å². The molecule has 0 radical (unpaired) electrons. The molecule has 0 aromatic heterocycles. The second-order valence-corrected chi connectivity index (χ2v) is 4.71. The third-order valence-electron chi connectivity index (χ3n) is 3.56. The Labute approximate surface area is 106 Å². The fourth-order valence-corrected chi connectivity index (χ4v) is 2.67. The number of allylic oxidation sites excluding steroid dienone is 1. The van der Waals surface area contributed by atoms with Gasteiger partial charge in [-0.3, -0.25) is 9.59 Å². The van der Waals surface area contributed by atoms with Gasteiger partial charge in [0.2, 0.25) is 0 Å². The number of carboxylic acids is 2. The van der Waals surface area contributed by atoms with Crippen LogP contribution in [-0.4, -0.2) is 34.9 Å². The Morgan fingerprint density at radius 1 is 1.39 bits per heavy atom. The van der Waals surface area contributed by atoms with Crippen LogP contribution in [0.1, 0.15) is 32.6 Å². The minimum atomic E-state index is -1.18. The van der Waals surface area contributed by atoms with Gasteiger partial charge in [-0.15, -0.1) is 6.58 Å². The van der Waals surface area contributed by atoms with Crippen LogP contribution < -0.4 is 0 Å². The van der Waals surface area contributed by atoms with Crippen LogP contribution in [0.2, 0.25) is 0 Å². The molecule has 5 nitrogen and oxygen atoms in total. The maximum absolute atomic E-state index is 11.3. The average Bonchev–Trinajstić information content (AvgIpc) is 3.13. The van der Waals surface area contributed by atoms with E-state index < -0.39 is 29.4 Å². The average molecular weight is 256 g/mol. The first-order valence-corrected chi connectivity index (χ1v) is 6.15. The number of carboxylic acid groups (broad SMARTS) is 2. The van der Waals surface area contributed by atoms with Crippen LogP contribution in [0.3, 0.4) is 0 Å². The molecule has 1 saturated heterocycles. The smallest absolute Gasteiger partial charge is 0.313 e. The first kappa shape index (κ1) is 14.7. The molecular formula is C13H20O5. The van der Waals surface area contributed by atoms with E-state index in [1.807, 2.05) is 6.92 Å². The molecule has 2 aliphatic rings. The van der Waals surface area contributed by atoms with Gasteiger partial charge in [-0.05, 0) is 19.8 Å². The SMILES string of the molecule is C=CC.O=C(O)C1CCCCC1(C(=O)O)C1CO1. The van der Waals surface area contributed by atoms with Gasteiger partial charge in [0.1, 0.15) is 5.41 Å². The van der Waals surface area contributed by atoms with E-state index in [0.717, 1.165) is 12.8 Å². The molecule has 1 aliphatic carbocycles. The van der Waals surface area contributed by atoms with Gasteiger partial charge in [-0.1, -0.05) is 18.9 Å². The number of carbonyl (C=O) groups is 2. The van der Waals surface area contributed by atoms with Gasteiger partial charge < -0.3 is 14.9 Å². The molecule has 0 amide bonds. The van der Waals surface area contributed by atoms with Crippen LogP contribution in [0.15, 0.2) is 12.7 Å². The lowest BCUT2D eigenvalue weighted by Gasteiger charge is -2.37. The highest BCUT2D eigenvalue weighted by molar-refractivity contribution is 5.84. The number of ether oxygens (including phenoxy) is 1. The quantitative estimate of drug-likeness (QED) is 0.595. The summed E-state index contributed by atoms with van der Waals surface area (Å²) in [4.78, 5) is 22.4. The highest BCUT2D eigenvalue weighted by Crippen LogP contribution is 2.49. The number of aliphatic carboxylic acids is 2. The van der Waals surface area contributed by atoms with Crippen LogP contribution in [0.4, 0.5) is 0 Å². The fraction of sp³-hybridized carbons (Fsp3) is 0.692. The molecule has 0 aromatic carbocycles. The predicted molar refractivity (Wildman–Crippen MR) is 65.3 cm³/mol. The molecule has 102 valence electrons. The zero-order valence-electron chi connectivity index (χ0n) is 10.6. The second kappa shape index (κ2) is 6.00. The van der Waals surface area contributed by atoms with Gasteiger partial charge in [0, 0.05) is 0 Å². The topological polar surface area (TPSA) is 87.1 Å². The zero-order chi connectivity index (χ0) is 13.8. The molecule has 0 bridgehead atoms. The highest BCUT2D eigenvalue weighted by Gasteiger charge is 2.60. The maximum Gasteiger partial charge on any atom is 0.313 e. The van der Waals surface area contributed by atoms with Gasteiger partial charge in [0.15, 0.2) is 0 Å². The Kier molecular flexibility index (Phi) is 4.90. The first-order chi connectivity index (χ1) is 8.50. The van der Waals surface area contributed by atoms with Crippen LogP contribution in [0.5, 0.6) is 0 Å². The number of hydrogen-bond acceptors (Lipinski definition) is 3. The summed E-state index contributed by atoms with van der Waals surface area (Å²) in [6.07, 6.45) is 3.79. The molecule has 1 aliphatic heterocycles. The standard InChI is InChI=1S/C10H14O5.C3H6/c11-8(12)6-3-1-2-4-10(6,9(13)14)7-5-15-7;1-3-2/h6-7H,1-5H2,(H,11,12)(H,13,14);3H,1H2,2H3. The Morgan fingerprint density at radius 3 is 2.33 bits per heavy atom. The van der Waals surface area contributed by atoms with E-state index in [1.165, 1.54) is 0 Å². The van der Waals surface area contributed by atoms with E-state index in [2.05, 4.69) is 6.58 Å². The van der Waals surface area contributed by atoms with Gasteiger partial charge in [-0.2, -0.15) is 0 Å². The van der Waals surface area contributed by atoms with Crippen molar-refractivity contribution in [1.82, 2.24) is 0 Å². The van der Waals surface area contributed by atoms with Crippen molar-refractivity contribution >= 4 is 11.9 Å². The van der Waals surface area contributed by atoms with Crippen molar-refractivity contribution in [2.45, 2.75) is 38.7 Å². The highest BCUT2D eigenvalue weighted by atomic mass is 16.6. The minimum absolute atomic E-state index is 0.385. The van der Waals surface area contributed by atoms with Gasteiger partial charge in [-0.25, -0.2) is 0 Å². The van der Waals surface area contributed by atoms with Crippen molar-refractivity contribution in [1.29, 1.82) is 0 Å². The second-order valence-electron chi connectivity index (χ2n) is 4.71. The number of epoxide rings is 1. The monoisotopic (exact) mass is 256 g/mol. The van der Waals surface area contributed by atoms with Gasteiger partial charge >= 0.3 is 11.9 Å². The molecule has 1 heterocycles. The molecular weight excluding hydrogens is 236 g/mol. The van der Waals surface area contributed by atoms with E-state index in [0.29, 0.717) is 19.4 Å². The summed E-state index contributed by atoms with van der Waals surface area (Å²) in [5.74, 6) is -2.82. The van der Waals surface area contributed by atoms with E-state index in [-0.39, 0.29) is 0 Å². The fourth-order valence-electron chi connectivity index (χ4n) is 2.67. The summed E-state index contributed by atoms with van der Waals surface area (Å²) in [7, 11) is 0. The lowest BCUT2D eigenvalue weighted by molar-refractivity contribution is -0.168. The Morgan fingerprint density at radius 2 is 1.94 bits per heavy atom. The maximum atomic E-state index is 11.3. The minimum Gasteiger partial charge on any atom is -0.481 e. The predicted octanol–water partition coefficient (Wildman–Crippen LogP) is 1.92. The lowest BCUT2D eigenvalue weighted by atomic mass is 9.64. The normalized spacial score (nSPS) is 33.8. The molecule has 5 heteroatoms. The summed E-state index contributed by atoms with van der Waals surface area (Å²) in [5.41, 5.74) is -1.18. The van der Waals surface area contributed by atoms with E-state index in [4.69, 9.17) is 9.84 Å². The Balaban J connectivity index is 0.000000492. The largest absolute Gasteiger partial charge is 0.481 e. The Hall–Kier alpha value is -1.36. The molecule has 2 rings (SSSR count). The molecule has 3 atom stereocenters. The molecule has 18 heavy (non-hydrogen) atoms. The number of hydrogen-bond donors (Lipinski definition) is 2. The molecule has 0 aromatic rings. The molecule has 1 saturated carbocycles. The molecule has 2 fully saturated rings. The van der Waals surface area contributed by atoms with Crippen molar-refractivity contribution in [2.75, 3.05) is 6.61 Å². The first-order valence-electron chi connectivity index (χ1n) is 6.15. The molecule has 0 spiro atoms. The van der Waals surface area contributed by atoms with Crippen molar-refractivity contribution < 1.29 is 24.5 Å². The number of rotatable bonds is 3. The molecule has 2 N–H and O–H groups in total. The lowest BCUT2D eigenvalue weighted by Crippen LogP contribution is -2.48. The Bertz CT molecular complexity index is 334. The van der Waals surface area contributed by atoms with E-state index in [1.54, 1.807) is 6.08 Å². The zero-order valence-corrected chi connectivity index (χ0v) is 10.6. The van der Waals surface area contributed by atoms with Gasteiger partial charge in [0.05, 0.1) is 18.6 Å². The third-order valence-corrected chi connectivity index (χ3v) is 3.56. The van der Waals surface area contributed by atoms with E-state index in [9.17, 15) is 14.7 Å². The third kappa shape index (κ3) is 2.72. The summed E-state index contributed by atoms with van der Waals surface area (Å²) in [6, 6.07) is 0. The van der Waals surface area contributed by atoms with Gasteiger partial charge in [0.25, 0.3) is 0 Å². The summed E-state index contributed by atoms with van der Waals surface area (Å²) >= 11 is 0.